The second-order valence-corrected chi connectivity index (χ2v) is 5.78. The summed E-state index contributed by atoms with van der Waals surface area (Å²) in [5, 5.41) is 9.39. The predicted octanol–water partition coefficient (Wildman–Crippen LogP) is 2.28. The molecule has 0 aliphatic carbocycles. The maximum atomic E-state index is 12.2. The van der Waals surface area contributed by atoms with Gasteiger partial charge >= 0.3 is 5.97 Å². The van der Waals surface area contributed by atoms with Gasteiger partial charge in [-0.25, -0.2) is 0 Å². The molecule has 0 bridgehead atoms. The number of carbonyl (C=O) groups excluding carboxylic acids is 1. The largest absolute Gasteiger partial charge is 0.480 e. The van der Waals surface area contributed by atoms with Gasteiger partial charge in [0.1, 0.15) is 6.54 Å². The number of anilines is 1. The Bertz CT molecular complexity index is 497. The predicted molar refractivity (Wildman–Crippen MR) is 78.9 cm³/mol. The molecule has 0 saturated heterocycles. The number of rotatable bonds is 6. The lowest BCUT2D eigenvalue weighted by molar-refractivity contribution is -0.136. The molecule has 6 heteroatoms. The van der Waals surface area contributed by atoms with E-state index in [1.54, 1.807) is 24.3 Å². The van der Waals surface area contributed by atoms with E-state index >= 15 is 0 Å². The lowest BCUT2D eigenvalue weighted by Gasteiger charge is -2.24. The van der Waals surface area contributed by atoms with Crippen LogP contribution >= 0.6 is 11.6 Å². The van der Waals surface area contributed by atoms with Crippen LogP contribution in [0.4, 0.5) is 5.69 Å². The van der Waals surface area contributed by atoms with Crippen LogP contribution in [0.3, 0.4) is 0 Å². The van der Waals surface area contributed by atoms with Crippen molar-refractivity contribution < 1.29 is 14.7 Å². The number of nitrogens with zero attached hydrogens (tertiary/aromatic N) is 1. The number of nitrogens with two attached hydrogens (primary N) is 1. The fraction of sp³-hybridized carbons (Fsp3) is 0.429. The third kappa shape index (κ3) is 5.59. The molecule has 5 nitrogen and oxygen atoms in total. The van der Waals surface area contributed by atoms with Gasteiger partial charge in [-0.1, -0.05) is 17.7 Å². The Hall–Kier alpha value is -1.59. The molecule has 0 fully saturated rings. The third-order valence-corrected chi connectivity index (χ3v) is 2.93. The summed E-state index contributed by atoms with van der Waals surface area (Å²) in [5.41, 5.74) is 5.84. The first kappa shape index (κ1) is 16.5. The second kappa shape index (κ2) is 6.72. The van der Waals surface area contributed by atoms with Crippen LogP contribution in [0.25, 0.3) is 0 Å². The minimum atomic E-state index is -1.08. The first-order chi connectivity index (χ1) is 9.19. The Morgan fingerprint density at radius 1 is 1.40 bits per heavy atom. The van der Waals surface area contributed by atoms with Gasteiger partial charge in [0, 0.05) is 22.7 Å². The summed E-state index contributed by atoms with van der Waals surface area (Å²) in [7, 11) is 0. The molecule has 0 aliphatic heterocycles. The zero-order valence-electron chi connectivity index (χ0n) is 11.6. The zero-order chi connectivity index (χ0) is 15.3. The standard InChI is InChI=1S/C14H19ClN2O3/c1-14(2,16)7-6-12(18)17(9-13(19)20)11-5-3-4-10(15)8-11/h3-5,8H,6-7,9,16H2,1-2H3,(H,19,20). The minimum absolute atomic E-state index is 0.184. The van der Waals surface area contributed by atoms with Crippen LogP contribution in [-0.2, 0) is 9.59 Å². The van der Waals surface area contributed by atoms with Crippen LogP contribution in [0.1, 0.15) is 26.7 Å². The molecule has 0 spiro atoms. The van der Waals surface area contributed by atoms with E-state index in [1.165, 1.54) is 4.90 Å². The molecule has 0 radical (unpaired) electrons. The van der Waals surface area contributed by atoms with Crippen LogP contribution in [0.15, 0.2) is 24.3 Å². The van der Waals surface area contributed by atoms with E-state index in [2.05, 4.69) is 0 Å². The molecule has 1 aromatic rings. The topological polar surface area (TPSA) is 83.6 Å². The molecule has 1 amide bonds. The Balaban J connectivity index is 2.89. The second-order valence-electron chi connectivity index (χ2n) is 5.34. The molecule has 3 N–H and O–H groups in total. The van der Waals surface area contributed by atoms with E-state index in [-0.39, 0.29) is 12.3 Å². The van der Waals surface area contributed by atoms with Gasteiger partial charge in [-0.15, -0.1) is 0 Å². The van der Waals surface area contributed by atoms with Gasteiger partial charge in [0.2, 0.25) is 5.91 Å². The van der Waals surface area contributed by atoms with Crippen molar-refractivity contribution >= 4 is 29.2 Å². The van der Waals surface area contributed by atoms with Gasteiger partial charge in [-0.2, -0.15) is 0 Å². The quantitative estimate of drug-likeness (QED) is 0.844. The van der Waals surface area contributed by atoms with Crippen molar-refractivity contribution in [3.05, 3.63) is 29.3 Å². The summed E-state index contributed by atoms with van der Waals surface area (Å²) < 4.78 is 0. The smallest absolute Gasteiger partial charge is 0.323 e. The van der Waals surface area contributed by atoms with E-state index in [0.29, 0.717) is 17.1 Å². The summed E-state index contributed by atoms with van der Waals surface area (Å²) in [6.07, 6.45) is 0.659. The molecule has 0 aromatic heterocycles. The van der Waals surface area contributed by atoms with Crippen LogP contribution < -0.4 is 10.6 Å². The number of carboxylic acids is 1. The number of aliphatic carboxylic acids is 1. The molecule has 1 rings (SSSR count). The fourth-order valence-electron chi connectivity index (χ4n) is 1.67. The van der Waals surface area contributed by atoms with Crippen molar-refractivity contribution in [2.24, 2.45) is 5.73 Å². The first-order valence-corrected chi connectivity index (χ1v) is 6.63. The highest BCUT2D eigenvalue weighted by Gasteiger charge is 2.21. The summed E-state index contributed by atoms with van der Waals surface area (Å²) in [5.74, 6) is -1.36. The molecule has 0 saturated carbocycles. The zero-order valence-corrected chi connectivity index (χ0v) is 12.4. The van der Waals surface area contributed by atoms with Gasteiger partial charge in [0.25, 0.3) is 0 Å². The van der Waals surface area contributed by atoms with Gasteiger partial charge in [-0.05, 0) is 38.5 Å². The summed E-state index contributed by atoms with van der Waals surface area (Å²) >= 11 is 5.87. The average molecular weight is 299 g/mol. The number of carboxylic acid groups (broad SMARTS) is 1. The summed E-state index contributed by atoms with van der Waals surface area (Å²) in [6.45, 7) is 3.24. The first-order valence-electron chi connectivity index (χ1n) is 6.25. The van der Waals surface area contributed by atoms with Gasteiger partial charge < -0.3 is 15.7 Å². The molecule has 110 valence electrons. The Labute approximate surface area is 123 Å². The van der Waals surface area contributed by atoms with Crippen LogP contribution in [0.5, 0.6) is 0 Å². The summed E-state index contributed by atoms with van der Waals surface area (Å²) in [6, 6.07) is 6.56. The van der Waals surface area contributed by atoms with Crippen LogP contribution in [0.2, 0.25) is 5.02 Å². The number of halogens is 1. The molecule has 20 heavy (non-hydrogen) atoms. The number of hydrogen-bond donors (Lipinski definition) is 2. The van der Waals surface area contributed by atoms with Crippen molar-refractivity contribution in [2.75, 3.05) is 11.4 Å². The maximum absolute atomic E-state index is 12.2. The molecular weight excluding hydrogens is 280 g/mol. The number of hydrogen-bond acceptors (Lipinski definition) is 3. The average Bonchev–Trinajstić information content (AvgIpc) is 2.32. The monoisotopic (exact) mass is 298 g/mol. The fourth-order valence-corrected chi connectivity index (χ4v) is 1.85. The molecule has 0 aliphatic rings. The van der Waals surface area contributed by atoms with E-state index < -0.39 is 18.1 Å². The van der Waals surface area contributed by atoms with Crippen molar-refractivity contribution in [3.8, 4) is 0 Å². The summed E-state index contributed by atoms with van der Waals surface area (Å²) in [4.78, 5) is 24.3. The number of carbonyl (C=O) groups is 2. The van der Waals surface area contributed by atoms with Crippen molar-refractivity contribution in [1.82, 2.24) is 0 Å². The molecule has 0 unspecified atom stereocenters. The van der Waals surface area contributed by atoms with Gasteiger partial charge in [0.05, 0.1) is 0 Å². The minimum Gasteiger partial charge on any atom is -0.480 e. The lowest BCUT2D eigenvalue weighted by Crippen LogP contribution is -2.38. The van der Waals surface area contributed by atoms with E-state index in [4.69, 9.17) is 22.4 Å². The van der Waals surface area contributed by atoms with Crippen molar-refractivity contribution in [1.29, 1.82) is 0 Å². The van der Waals surface area contributed by atoms with E-state index in [1.807, 2.05) is 13.8 Å². The Morgan fingerprint density at radius 2 is 2.05 bits per heavy atom. The van der Waals surface area contributed by atoms with Crippen LogP contribution in [-0.4, -0.2) is 29.1 Å². The van der Waals surface area contributed by atoms with E-state index in [9.17, 15) is 9.59 Å². The van der Waals surface area contributed by atoms with Crippen LogP contribution in [0, 0.1) is 0 Å². The highest BCUT2D eigenvalue weighted by molar-refractivity contribution is 6.30. The molecule has 0 heterocycles. The van der Waals surface area contributed by atoms with Gasteiger partial charge in [0.15, 0.2) is 0 Å². The van der Waals surface area contributed by atoms with E-state index in [0.717, 1.165) is 0 Å². The number of benzene rings is 1. The normalized spacial score (nSPS) is 11.2. The molecule has 1 aromatic carbocycles. The van der Waals surface area contributed by atoms with Gasteiger partial charge in [-0.3, -0.25) is 9.59 Å². The number of amides is 1. The van der Waals surface area contributed by atoms with Crippen molar-refractivity contribution in [2.45, 2.75) is 32.2 Å². The Morgan fingerprint density at radius 3 is 2.55 bits per heavy atom. The molecular formula is C14H19ClN2O3. The molecule has 0 atom stereocenters. The Kier molecular flexibility index (Phi) is 5.53. The lowest BCUT2D eigenvalue weighted by atomic mass is 9.99. The maximum Gasteiger partial charge on any atom is 0.323 e. The SMILES string of the molecule is CC(C)(N)CCC(=O)N(CC(=O)O)c1cccc(Cl)c1. The highest BCUT2D eigenvalue weighted by atomic mass is 35.5. The van der Waals surface area contributed by atoms with Crippen molar-refractivity contribution in [3.63, 3.8) is 0 Å². The third-order valence-electron chi connectivity index (χ3n) is 2.70. The highest BCUT2D eigenvalue weighted by Crippen LogP contribution is 2.21.